The molecule has 1 N–H and O–H groups in total. The van der Waals surface area contributed by atoms with Gasteiger partial charge in [-0.05, 0) is 24.1 Å². The molecule has 2 saturated heterocycles. The summed E-state index contributed by atoms with van der Waals surface area (Å²) in [5.41, 5.74) is 2.61. The number of ether oxygens (including phenoxy) is 2. The molecule has 0 spiro atoms. The Bertz CT molecular complexity index is 1060. The lowest BCUT2D eigenvalue weighted by atomic mass is 9.93. The predicted molar refractivity (Wildman–Crippen MR) is 116 cm³/mol. The van der Waals surface area contributed by atoms with E-state index in [0.29, 0.717) is 51.0 Å². The third-order valence-corrected chi connectivity index (χ3v) is 5.91. The van der Waals surface area contributed by atoms with E-state index in [9.17, 15) is 4.79 Å². The van der Waals surface area contributed by atoms with Crippen LogP contribution in [0.5, 0.6) is 0 Å². The molecular formula is C23H25N5O3. The van der Waals surface area contributed by atoms with Crippen LogP contribution in [0.15, 0.2) is 48.9 Å². The lowest BCUT2D eigenvalue weighted by Gasteiger charge is -2.26. The molecule has 31 heavy (non-hydrogen) atoms. The van der Waals surface area contributed by atoms with E-state index >= 15 is 0 Å². The molecule has 2 aliphatic rings. The van der Waals surface area contributed by atoms with Crippen LogP contribution in [0, 0.1) is 5.92 Å². The molecule has 0 unspecified atom stereocenters. The zero-order valence-corrected chi connectivity index (χ0v) is 17.2. The average Bonchev–Trinajstić information content (AvgIpc) is 3.26. The van der Waals surface area contributed by atoms with Gasteiger partial charge in [0, 0.05) is 30.6 Å². The standard InChI is InChI=1S/C23H25N5O3/c29-23(28-7-9-30-10-8-28)20-12-24-13-22(26-20)27-21-15-31-14-17(21)11-16-5-6-25-19-4-2-1-3-18(16)19/h1-6,12-13,17,21H,7-11,14-15H2,(H,26,27)/t17-,21+/m1/s1. The number of hydrogen-bond acceptors (Lipinski definition) is 7. The SMILES string of the molecule is O=C(c1cncc(N[C@H]2COC[C@H]2Cc2ccnc3ccccc23)n1)N1CCOCC1. The molecule has 2 atom stereocenters. The number of aromatic nitrogens is 3. The number of para-hydroxylation sites is 1. The van der Waals surface area contributed by atoms with E-state index in [1.54, 1.807) is 11.1 Å². The highest BCUT2D eigenvalue weighted by Crippen LogP contribution is 2.25. The molecule has 5 rings (SSSR count). The number of carbonyl (C=O) groups is 1. The monoisotopic (exact) mass is 419 g/mol. The van der Waals surface area contributed by atoms with Crippen molar-refractivity contribution in [3.8, 4) is 0 Å². The second kappa shape index (κ2) is 8.95. The number of nitrogens with zero attached hydrogens (tertiary/aromatic N) is 4. The quantitative estimate of drug-likeness (QED) is 0.678. The van der Waals surface area contributed by atoms with Crippen LogP contribution in [0.1, 0.15) is 16.1 Å². The van der Waals surface area contributed by atoms with Gasteiger partial charge in [-0.15, -0.1) is 0 Å². The highest BCUT2D eigenvalue weighted by atomic mass is 16.5. The molecule has 160 valence electrons. The van der Waals surface area contributed by atoms with Gasteiger partial charge in [-0.2, -0.15) is 0 Å². The van der Waals surface area contributed by atoms with Gasteiger partial charge in [0.05, 0.1) is 50.4 Å². The van der Waals surface area contributed by atoms with Crippen LogP contribution in [0.3, 0.4) is 0 Å². The molecule has 0 aliphatic carbocycles. The summed E-state index contributed by atoms with van der Waals surface area (Å²) in [6, 6.07) is 10.4. The van der Waals surface area contributed by atoms with Crippen molar-refractivity contribution in [1.82, 2.24) is 19.9 Å². The van der Waals surface area contributed by atoms with Crippen molar-refractivity contribution >= 4 is 22.6 Å². The summed E-state index contributed by atoms with van der Waals surface area (Å²) < 4.78 is 11.1. The van der Waals surface area contributed by atoms with Gasteiger partial charge in [0.15, 0.2) is 0 Å². The second-order valence-corrected chi connectivity index (χ2v) is 7.93. The first-order valence-electron chi connectivity index (χ1n) is 10.6. The minimum atomic E-state index is -0.109. The lowest BCUT2D eigenvalue weighted by molar-refractivity contribution is 0.0299. The summed E-state index contributed by atoms with van der Waals surface area (Å²) in [4.78, 5) is 27.7. The van der Waals surface area contributed by atoms with Gasteiger partial charge >= 0.3 is 0 Å². The van der Waals surface area contributed by atoms with Crippen molar-refractivity contribution in [3.63, 3.8) is 0 Å². The third kappa shape index (κ3) is 4.35. The topological polar surface area (TPSA) is 89.5 Å². The first-order chi connectivity index (χ1) is 15.3. The van der Waals surface area contributed by atoms with Crippen molar-refractivity contribution in [2.75, 3.05) is 44.8 Å². The average molecular weight is 419 g/mol. The minimum absolute atomic E-state index is 0.0926. The van der Waals surface area contributed by atoms with E-state index in [1.807, 2.05) is 24.4 Å². The Kier molecular flexibility index (Phi) is 5.73. The van der Waals surface area contributed by atoms with Gasteiger partial charge in [-0.1, -0.05) is 18.2 Å². The van der Waals surface area contributed by atoms with E-state index in [-0.39, 0.29) is 17.9 Å². The Labute approximate surface area is 180 Å². The number of rotatable bonds is 5. The third-order valence-electron chi connectivity index (χ3n) is 5.91. The number of morpholine rings is 1. The van der Waals surface area contributed by atoms with Gasteiger partial charge in [0.25, 0.3) is 5.91 Å². The highest BCUT2D eigenvalue weighted by Gasteiger charge is 2.29. The Morgan fingerprint density at radius 3 is 2.87 bits per heavy atom. The molecule has 2 aliphatic heterocycles. The first-order valence-corrected chi connectivity index (χ1v) is 10.6. The number of benzene rings is 1. The van der Waals surface area contributed by atoms with Crippen molar-refractivity contribution in [1.29, 1.82) is 0 Å². The number of nitrogens with one attached hydrogen (secondary N) is 1. The maximum Gasteiger partial charge on any atom is 0.274 e. The molecule has 4 heterocycles. The molecule has 2 aromatic heterocycles. The molecule has 8 heteroatoms. The molecule has 3 aromatic rings. The van der Waals surface area contributed by atoms with E-state index in [1.165, 1.54) is 17.1 Å². The second-order valence-electron chi connectivity index (χ2n) is 7.93. The summed E-state index contributed by atoms with van der Waals surface area (Å²) in [5, 5.41) is 4.62. The molecule has 0 saturated carbocycles. The van der Waals surface area contributed by atoms with Crippen LogP contribution in [0.4, 0.5) is 5.82 Å². The van der Waals surface area contributed by atoms with Gasteiger partial charge in [0.2, 0.25) is 0 Å². The summed E-state index contributed by atoms with van der Waals surface area (Å²) in [6.45, 7) is 3.54. The number of carbonyl (C=O) groups excluding carboxylic acids is 1. The molecule has 2 fully saturated rings. The van der Waals surface area contributed by atoms with Gasteiger partial charge < -0.3 is 19.7 Å². The van der Waals surface area contributed by atoms with Crippen LogP contribution < -0.4 is 5.32 Å². The van der Waals surface area contributed by atoms with E-state index in [4.69, 9.17) is 9.47 Å². The Hall–Kier alpha value is -3.10. The maximum atomic E-state index is 12.7. The smallest absolute Gasteiger partial charge is 0.274 e. The van der Waals surface area contributed by atoms with Crippen LogP contribution in [-0.4, -0.2) is 71.3 Å². The Morgan fingerprint density at radius 2 is 1.97 bits per heavy atom. The zero-order chi connectivity index (χ0) is 21.0. The van der Waals surface area contributed by atoms with Crippen molar-refractivity contribution < 1.29 is 14.3 Å². The largest absolute Gasteiger partial charge is 0.379 e. The molecule has 0 bridgehead atoms. The van der Waals surface area contributed by atoms with Crippen LogP contribution >= 0.6 is 0 Å². The van der Waals surface area contributed by atoms with Crippen LogP contribution in [-0.2, 0) is 15.9 Å². The first kappa shape index (κ1) is 19.8. The van der Waals surface area contributed by atoms with Gasteiger partial charge in [-0.25, -0.2) is 4.98 Å². The maximum absolute atomic E-state index is 12.7. The summed E-state index contributed by atoms with van der Waals surface area (Å²) in [6.07, 6.45) is 5.92. The van der Waals surface area contributed by atoms with Crippen LogP contribution in [0.2, 0.25) is 0 Å². The summed E-state index contributed by atoms with van der Waals surface area (Å²) >= 11 is 0. The summed E-state index contributed by atoms with van der Waals surface area (Å²) in [7, 11) is 0. The zero-order valence-electron chi connectivity index (χ0n) is 17.2. The molecule has 1 amide bonds. The van der Waals surface area contributed by atoms with Crippen LogP contribution in [0.25, 0.3) is 10.9 Å². The Morgan fingerprint density at radius 1 is 1.10 bits per heavy atom. The Balaban J connectivity index is 1.30. The fraction of sp³-hybridized carbons (Fsp3) is 0.391. The van der Waals surface area contributed by atoms with Crippen molar-refractivity contribution in [3.05, 3.63) is 60.2 Å². The summed E-state index contributed by atoms with van der Waals surface area (Å²) in [5.74, 6) is 0.771. The number of anilines is 1. The number of fused-ring (bicyclic) bond motifs is 1. The fourth-order valence-electron chi connectivity index (χ4n) is 4.23. The van der Waals surface area contributed by atoms with Gasteiger partial charge in [-0.3, -0.25) is 14.8 Å². The van der Waals surface area contributed by atoms with E-state index in [2.05, 4.69) is 32.4 Å². The molecule has 1 aromatic carbocycles. The molecular weight excluding hydrogens is 394 g/mol. The van der Waals surface area contributed by atoms with E-state index < -0.39 is 0 Å². The molecule has 0 radical (unpaired) electrons. The number of pyridine rings is 1. The lowest BCUT2D eigenvalue weighted by Crippen LogP contribution is -2.41. The fourth-order valence-corrected chi connectivity index (χ4v) is 4.23. The van der Waals surface area contributed by atoms with Crippen molar-refractivity contribution in [2.45, 2.75) is 12.5 Å². The normalized spacial score (nSPS) is 21.4. The highest BCUT2D eigenvalue weighted by molar-refractivity contribution is 5.92. The predicted octanol–water partition coefficient (Wildman–Crippen LogP) is 2.17. The van der Waals surface area contributed by atoms with E-state index in [0.717, 1.165) is 11.9 Å². The van der Waals surface area contributed by atoms with Crippen molar-refractivity contribution in [2.24, 2.45) is 5.92 Å². The molecule has 8 nitrogen and oxygen atoms in total. The minimum Gasteiger partial charge on any atom is -0.379 e. The number of hydrogen-bond donors (Lipinski definition) is 1. The number of amides is 1. The van der Waals surface area contributed by atoms with Gasteiger partial charge in [0.1, 0.15) is 11.5 Å².